The van der Waals surface area contributed by atoms with E-state index in [0.29, 0.717) is 12.5 Å². The minimum Gasteiger partial charge on any atom is -0.389 e. The predicted molar refractivity (Wildman–Crippen MR) is 55.4 cm³/mol. The lowest BCUT2D eigenvalue weighted by atomic mass is 9.60. The molecule has 2 nitrogen and oxygen atoms in total. The van der Waals surface area contributed by atoms with Gasteiger partial charge in [0.15, 0.2) is 0 Å². The molecule has 0 amide bonds. The molecule has 1 rings (SSSR count). The van der Waals surface area contributed by atoms with Gasteiger partial charge in [-0.15, -0.1) is 0 Å². The van der Waals surface area contributed by atoms with E-state index in [1.54, 1.807) is 0 Å². The number of nitrogens with two attached hydrogens (primary N) is 1. The van der Waals surface area contributed by atoms with Gasteiger partial charge in [-0.05, 0) is 32.1 Å². The second-order valence-electron chi connectivity index (χ2n) is 4.89. The summed E-state index contributed by atoms with van der Waals surface area (Å²) in [7, 11) is 0. The van der Waals surface area contributed by atoms with Gasteiger partial charge in [0.2, 0.25) is 0 Å². The van der Waals surface area contributed by atoms with Gasteiger partial charge in [-0.3, -0.25) is 0 Å². The zero-order valence-electron chi connectivity index (χ0n) is 9.14. The van der Waals surface area contributed by atoms with Gasteiger partial charge in [0.05, 0.1) is 5.60 Å². The average molecular weight is 185 g/mol. The van der Waals surface area contributed by atoms with Gasteiger partial charge in [0.1, 0.15) is 0 Å². The molecule has 1 aliphatic carbocycles. The van der Waals surface area contributed by atoms with E-state index in [0.717, 1.165) is 6.42 Å². The van der Waals surface area contributed by atoms with Crippen molar-refractivity contribution in [2.24, 2.45) is 17.1 Å². The maximum absolute atomic E-state index is 10.5. The molecule has 2 unspecified atom stereocenters. The van der Waals surface area contributed by atoms with Gasteiger partial charge in [-0.1, -0.05) is 20.3 Å². The van der Waals surface area contributed by atoms with Crippen LogP contribution in [0.5, 0.6) is 0 Å². The van der Waals surface area contributed by atoms with E-state index in [4.69, 9.17) is 5.73 Å². The summed E-state index contributed by atoms with van der Waals surface area (Å²) in [6.07, 6.45) is 4.56. The van der Waals surface area contributed by atoms with Crippen LogP contribution >= 0.6 is 0 Å². The Hall–Kier alpha value is -0.0800. The molecule has 13 heavy (non-hydrogen) atoms. The fraction of sp³-hybridized carbons (Fsp3) is 1.00. The average Bonchev–Trinajstić information content (AvgIpc) is 1.98. The maximum atomic E-state index is 10.5. The molecule has 78 valence electrons. The van der Waals surface area contributed by atoms with E-state index >= 15 is 0 Å². The third-order valence-corrected chi connectivity index (χ3v) is 4.35. The van der Waals surface area contributed by atoms with Gasteiger partial charge in [0, 0.05) is 12.0 Å². The van der Waals surface area contributed by atoms with Crippen molar-refractivity contribution >= 4 is 0 Å². The fourth-order valence-corrected chi connectivity index (χ4v) is 2.17. The minimum absolute atomic E-state index is 0.113. The molecule has 0 saturated heterocycles. The molecular weight excluding hydrogens is 162 g/mol. The van der Waals surface area contributed by atoms with E-state index in [2.05, 4.69) is 13.8 Å². The number of rotatable bonds is 4. The van der Waals surface area contributed by atoms with Crippen molar-refractivity contribution in [3.8, 4) is 0 Å². The monoisotopic (exact) mass is 185 g/mol. The summed E-state index contributed by atoms with van der Waals surface area (Å²) in [4.78, 5) is 0. The topological polar surface area (TPSA) is 46.2 Å². The molecule has 2 heteroatoms. The Labute approximate surface area is 81.5 Å². The van der Waals surface area contributed by atoms with Crippen LogP contribution in [0.15, 0.2) is 0 Å². The van der Waals surface area contributed by atoms with Crippen molar-refractivity contribution < 1.29 is 5.11 Å². The minimum atomic E-state index is -0.575. The van der Waals surface area contributed by atoms with Crippen LogP contribution < -0.4 is 5.73 Å². The normalized spacial score (nSPS) is 27.5. The van der Waals surface area contributed by atoms with Crippen LogP contribution in [0, 0.1) is 11.3 Å². The first-order valence-corrected chi connectivity index (χ1v) is 5.40. The fourth-order valence-electron chi connectivity index (χ4n) is 2.17. The Morgan fingerprint density at radius 3 is 2.15 bits per heavy atom. The zero-order valence-corrected chi connectivity index (χ0v) is 9.14. The Bertz CT molecular complexity index is 169. The van der Waals surface area contributed by atoms with Gasteiger partial charge in [0.25, 0.3) is 0 Å². The van der Waals surface area contributed by atoms with Crippen LogP contribution in [0.2, 0.25) is 0 Å². The number of hydrogen-bond acceptors (Lipinski definition) is 2. The third-order valence-electron chi connectivity index (χ3n) is 4.35. The Kier molecular flexibility index (Phi) is 3.03. The van der Waals surface area contributed by atoms with E-state index in [-0.39, 0.29) is 5.41 Å². The lowest BCUT2D eigenvalue weighted by molar-refractivity contribution is -0.125. The lowest BCUT2D eigenvalue weighted by Crippen LogP contribution is -2.55. The van der Waals surface area contributed by atoms with Crippen LogP contribution in [0.1, 0.15) is 46.5 Å². The summed E-state index contributed by atoms with van der Waals surface area (Å²) < 4.78 is 0. The van der Waals surface area contributed by atoms with Crippen molar-refractivity contribution in [1.82, 2.24) is 0 Å². The molecule has 0 aromatic rings. The molecule has 0 heterocycles. The van der Waals surface area contributed by atoms with Crippen LogP contribution in [0.25, 0.3) is 0 Å². The summed E-state index contributed by atoms with van der Waals surface area (Å²) in [6, 6.07) is 0. The molecule has 3 N–H and O–H groups in total. The van der Waals surface area contributed by atoms with Crippen LogP contribution in [0.4, 0.5) is 0 Å². The molecule has 0 bridgehead atoms. The van der Waals surface area contributed by atoms with Gasteiger partial charge in [-0.2, -0.15) is 0 Å². The summed E-state index contributed by atoms with van der Waals surface area (Å²) >= 11 is 0. The van der Waals surface area contributed by atoms with E-state index < -0.39 is 5.60 Å². The Morgan fingerprint density at radius 2 is 1.92 bits per heavy atom. The molecule has 2 atom stereocenters. The highest BCUT2D eigenvalue weighted by atomic mass is 16.3. The van der Waals surface area contributed by atoms with Gasteiger partial charge < -0.3 is 10.8 Å². The Morgan fingerprint density at radius 1 is 1.38 bits per heavy atom. The second-order valence-corrected chi connectivity index (χ2v) is 4.89. The van der Waals surface area contributed by atoms with Crippen LogP contribution in [-0.4, -0.2) is 17.3 Å². The standard InChI is InChI=1S/C11H23NO/c1-4-10(2,8-12)11(3,13)9-6-5-7-9/h9,13H,4-8,12H2,1-3H3. The maximum Gasteiger partial charge on any atom is 0.0713 e. The highest BCUT2D eigenvalue weighted by Crippen LogP contribution is 2.46. The molecule has 0 radical (unpaired) electrons. The smallest absolute Gasteiger partial charge is 0.0713 e. The first-order chi connectivity index (χ1) is 5.98. The van der Waals surface area contributed by atoms with Crippen molar-refractivity contribution in [1.29, 1.82) is 0 Å². The largest absolute Gasteiger partial charge is 0.389 e. The second kappa shape index (κ2) is 3.58. The van der Waals surface area contributed by atoms with E-state index in [1.165, 1.54) is 19.3 Å². The first kappa shape index (κ1) is 11.0. The molecule has 0 aliphatic heterocycles. The highest BCUT2D eigenvalue weighted by Gasteiger charge is 2.48. The zero-order chi connectivity index (χ0) is 10.1. The van der Waals surface area contributed by atoms with Crippen molar-refractivity contribution in [2.45, 2.75) is 52.1 Å². The quantitative estimate of drug-likeness (QED) is 0.703. The molecule has 1 fully saturated rings. The third kappa shape index (κ3) is 1.62. The van der Waals surface area contributed by atoms with E-state index in [1.807, 2.05) is 6.92 Å². The molecule has 1 saturated carbocycles. The van der Waals surface area contributed by atoms with E-state index in [9.17, 15) is 5.11 Å². The summed E-state index contributed by atoms with van der Waals surface area (Å²) in [6.45, 7) is 6.76. The van der Waals surface area contributed by atoms with Crippen molar-refractivity contribution in [2.75, 3.05) is 6.54 Å². The van der Waals surface area contributed by atoms with Crippen molar-refractivity contribution in [3.05, 3.63) is 0 Å². The molecule has 1 aliphatic rings. The first-order valence-electron chi connectivity index (χ1n) is 5.40. The molecular formula is C11H23NO. The summed E-state index contributed by atoms with van der Waals surface area (Å²) in [5, 5.41) is 10.5. The van der Waals surface area contributed by atoms with Gasteiger partial charge >= 0.3 is 0 Å². The van der Waals surface area contributed by atoms with Gasteiger partial charge in [-0.25, -0.2) is 0 Å². The lowest BCUT2D eigenvalue weighted by Gasteiger charge is -2.50. The highest BCUT2D eigenvalue weighted by molar-refractivity contribution is 4.99. The molecule has 0 aromatic carbocycles. The van der Waals surface area contributed by atoms with Crippen LogP contribution in [0.3, 0.4) is 0 Å². The predicted octanol–water partition coefficient (Wildman–Crippen LogP) is 1.91. The SMILES string of the molecule is CCC(C)(CN)C(C)(O)C1CCC1. The summed E-state index contributed by atoms with van der Waals surface area (Å²) in [5.41, 5.74) is 5.07. The molecule has 0 aromatic heterocycles. The van der Waals surface area contributed by atoms with Crippen molar-refractivity contribution in [3.63, 3.8) is 0 Å². The number of aliphatic hydroxyl groups is 1. The number of hydrogen-bond donors (Lipinski definition) is 2. The Balaban J connectivity index is 2.74. The summed E-state index contributed by atoms with van der Waals surface area (Å²) in [5.74, 6) is 0.473. The van der Waals surface area contributed by atoms with Crippen LogP contribution in [-0.2, 0) is 0 Å². The molecule has 0 spiro atoms.